The van der Waals surface area contributed by atoms with Gasteiger partial charge in [-0.2, -0.15) is 4.84 Å². The van der Waals surface area contributed by atoms with E-state index in [1.165, 1.54) is 0 Å². The Balaban J connectivity index is 3.03. The summed E-state index contributed by atoms with van der Waals surface area (Å²) in [5.41, 5.74) is 1.55. The van der Waals surface area contributed by atoms with Crippen molar-refractivity contribution in [3.63, 3.8) is 0 Å². The normalized spacial score (nSPS) is 12.8. The van der Waals surface area contributed by atoms with Crippen LogP contribution in [0.15, 0.2) is 5.29 Å². The molecule has 0 aromatic rings. The maximum Gasteiger partial charge on any atom is 0.107 e. The molecular weight excluding hydrogens is 114 g/mol. The van der Waals surface area contributed by atoms with Crippen molar-refractivity contribution in [1.82, 2.24) is 5.53 Å². The van der Waals surface area contributed by atoms with E-state index in [1.54, 1.807) is 12.5 Å². The van der Waals surface area contributed by atoms with E-state index < -0.39 is 5.34 Å². The van der Waals surface area contributed by atoms with Gasteiger partial charge in [-0.05, 0) is 6.92 Å². The fourth-order valence-corrected chi connectivity index (χ4v) is 0.201. The predicted molar refractivity (Wildman–Crippen MR) is 24.9 cm³/mol. The number of quaternary nitrogens is 1. The monoisotopic (exact) mass is 121 g/mol. The summed E-state index contributed by atoms with van der Waals surface area (Å²) in [7, 11) is 0. The molecule has 0 aliphatic rings. The summed E-state index contributed by atoms with van der Waals surface area (Å²) in [6.45, 7) is 1.87. The Labute approximate surface area is 45.9 Å². The van der Waals surface area contributed by atoms with Gasteiger partial charge in [-0.1, -0.05) is 5.53 Å². The molecule has 6 nitrogen and oxygen atoms in total. The molecule has 1 atom stereocenters. The first-order valence-corrected chi connectivity index (χ1v) is 2.06. The fraction of sp³-hybridized carbons (Fsp3) is 1.00. The molecule has 0 amide bonds. The van der Waals surface area contributed by atoms with Crippen molar-refractivity contribution in [3.05, 3.63) is 10.1 Å². The number of rotatable bonds is 4. The van der Waals surface area contributed by atoms with Gasteiger partial charge in [-0.25, -0.2) is 0 Å². The summed E-state index contributed by atoms with van der Waals surface area (Å²) in [4.78, 5) is 13.5. The lowest BCUT2D eigenvalue weighted by Crippen LogP contribution is -3.12. The van der Waals surface area contributed by atoms with Crippen LogP contribution in [0, 0.1) is 10.1 Å². The van der Waals surface area contributed by atoms with E-state index >= 15 is 0 Å². The Morgan fingerprint density at radius 3 is 3.00 bits per heavy atom. The van der Waals surface area contributed by atoms with Crippen LogP contribution in [0.5, 0.6) is 0 Å². The van der Waals surface area contributed by atoms with Gasteiger partial charge in [0.05, 0.1) is 0 Å². The quantitative estimate of drug-likeness (QED) is 0.350. The number of hydrogen-bond donors (Lipinski definition) is 2. The summed E-state index contributed by atoms with van der Waals surface area (Å²) in [6, 6.07) is 0. The first-order valence-electron chi connectivity index (χ1n) is 2.06. The van der Waals surface area contributed by atoms with Crippen molar-refractivity contribution in [3.8, 4) is 0 Å². The molecule has 0 bridgehead atoms. The lowest BCUT2D eigenvalue weighted by Gasteiger charge is -2.12. The van der Waals surface area contributed by atoms with Crippen LogP contribution < -0.4 is 10.9 Å². The van der Waals surface area contributed by atoms with E-state index in [-0.39, 0.29) is 6.61 Å². The average Bonchev–Trinajstić information content (AvgIpc) is 1.68. The van der Waals surface area contributed by atoms with Gasteiger partial charge in [-0.15, -0.1) is 10.2 Å². The first-order chi connectivity index (χ1) is 3.81. The molecule has 48 valence electrons. The van der Waals surface area contributed by atoms with Crippen molar-refractivity contribution in [2.24, 2.45) is 5.29 Å². The van der Waals surface area contributed by atoms with Gasteiger partial charge in [0.1, 0.15) is 11.9 Å². The minimum absolute atomic E-state index is 0.237. The maximum absolute atomic E-state index is 10.0. The highest BCUT2D eigenvalue weighted by molar-refractivity contribution is 4.02. The summed E-state index contributed by atoms with van der Waals surface area (Å²) in [5, 5.41) is 11.3. The Morgan fingerprint density at radius 1 is 2.00 bits per heavy atom. The number of nitroso groups, excluding NO2 is 1. The average molecular weight is 121 g/mol. The fourth-order valence-electron chi connectivity index (χ4n) is 0.201. The molecule has 0 saturated heterocycles. The smallest absolute Gasteiger partial charge is 0.107 e. The summed E-state index contributed by atoms with van der Waals surface area (Å²) < 4.78 is 0. The first kappa shape index (κ1) is 7.28. The maximum atomic E-state index is 10.0. The minimum atomic E-state index is -0.817. The highest BCUT2D eigenvalue weighted by Crippen LogP contribution is 1.50. The molecule has 0 heterocycles. The van der Waals surface area contributed by atoms with Gasteiger partial charge < -0.3 is 5.21 Å². The number of nitrogens with zero attached hydrogens (tertiary/aromatic N) is 1. The van der Waals surface area contributed by atoms with Crippen LogP contribution in [-0.4, -0.2) is 6.61 Å². The third kappa shape index (κ3) is 3.47. The van der Waals surface area contributed by atoms with Gasteiger partial charge in [0.25, 0.3) is 0 Å². The molecule has 0 aliphatic carbocycles. The minimum Gasteiger partial charge on any atom is -0.573 e. The highest BCUT2D eigenvalue weighted by Gasteiger charge is 1.88. The van der Waals surface area contributed by atoms with Gasteiger partial charge in [0.2, 0.25) is 0 Å². The van der Waals surface area contributed by atoms with E-state index in [0.717, 1.165) is 0 Å². The molecule has 2 N–H and O–H groups in total. The largest absolute Gasteiger partial charge is 0.573 e. The van der Waals surface area contributed by atoms with Crippen molar-refractivity contribution in [1.29, 1.82) is 0 Å². The SMILES string of the molecule is CCO[NH+]([O-])NN=O. The molecule has 0 aromatic heterocycles. The molecule has 0 spiro atoms. The molecule has 0 fully saturated rings. The summed E-state index contributed by atoms with van der Waals surface area (Å²) in [5.74, 6) is 0. The lowest BCUT2D eigenvalue weighted by atomic mass is 10.9. The van der Waals surface area contributed by atoms with E-state index in [9.17, 15) is 10.1 Å². The number of hydrogen-bond acceptors (Lipinski definition) is 4. The molecule has 0 rings (SSSR count). The zero-order chi connectivity index (χ0) is 6.41. The van der Waals surface area contributed by atoms with Crippen LogP contribution in [0.1, 0.15) is 6.92 Å². The standard InChI is InChI=1S/C2H7N3O3/c1-2-8-5(7)3-4-6/h5H,2H2,1H3,(H,3,6). The molecular formula is C2H7N3O3. The molecule has 0 radical (unpaired) electrons. The highest BCUT2D eigenvalue weighted by atomic mass is 16.9. The second-order valence-corrected chi connectivity index (χ2v) is 0.924. The zero-order valence-electron chi connectivity index (χ0n) is 4.38. The van der Waals surface area contributed by atoms with Crippen LogP contribution in [-0.2, 0) is 4.84 Å². The van der Waals surface area contributed by atoms with E-state index in [4.69, 9.17) is 0 Å². The second kappa shape index (κ2) is 4.44. The van der Waals surface area contributed by atoms with Crippen molar-refractivity contribution < 1.29 is 10.2 Å². The van der Waals surface area contributed by atoms with Gasteiger partial charge in [0.15, 0.2) is 0 Å². The van der Waals surface area contributed by atoms with Crippen LogP contribution in [0.3, 0.4) is 0 Å². The number of nitrogens with one attached hydrogen (secondary N) is 2. The summed E-state index contributed by atoms with van der Waals surface area (Å²) in [6.07, 6.45) is 0. The van der Waals surface area contributed by atoms with Crippen molar-refractivity contribution in [2.45, 2.75) is 6.92 Å². The van der Waals surface area contributed by atoms with Crippen LogP contribution in [0.25, 0.3) is 0 Å². The van der Waals surface area contributed by atoms with Crippen molar-refractivity contribution in [2.75, 3.05) is 6.61 Å². The Bertz CT molecular complexity index is 67.5. The Hall–Kier alpha value is -0.720. The predicted octanol–water partition coefficient (Wildman–Crippen LogP) is -1.49. The van der Waals surface area contributed by atoms with Gasteiger partial charge in [0, 0.05) is 0 Å². The summed E-state index contributed by atoms with van der Waals surface area (Å²) >= 11 is 0. The van der Waals surface area contributed by atoms with Crippen LogP contribution in [0.2, 0.25) is 0 Å². The Morgan fingerprint density at radius 2 is 2.62 bits per heavy atom. The van der Waals surface area contributed by atoms with Crippen LogP contribution >= 0.6 is 0 Å². The lowest BCUT2D eigenvalue weighted by molar-refractivity contribution is -1.09. The molecule has 6 heteroatoms. The second-order valence-electron chi connectivity index (χ2n) is 0.924. The van der Waals surface area contributed by atoms with Gasteiger partial charge >= 0.3 is 0 Å². The third-order valence-electron chi connectivity index (χ3n) is 0.412. The Kier molecular flexibility index (Phi) is 4.04. The van der Waals surface area contributed by atoms with Crippen molar-refractivity contribution >= 4 is 0 Å². The molecule has 0 saturated carbocycles. The molecule has 0 aromatic carbocycles. The van der Waals surface area contributed by atoms with E-state index in [2.05, 4.69) is 10.1 Å². The molecule has 1 unspecified atom stereocenters. The van der Waals surface area contributed by atoms with Crippen LogP contribution in [0.4, 0.5) is 0 Å². The molecule has 0 aliphatic heterocycles. The third-order valence-corrected chi connectivity index (χ3v) is 0.412. The van der Waals surface area contributed by atoms with E-state index in [0.29, 0.717) is 0 Å². The molecule has 8 heavy (non-hydrogen) atoms. The van der Waals surface area contributed by atoms with Gasteiger partial charge in [-0.3, -0.25) is 0 Å². The zero-order valence-corrected chi connectivity index (χ0v) is 4.38. The van der Waals surface area contributed by atoms with E-state index in [1.807, 2.05) is 0 Å². The topological polar surface area (TPSA) is 78.2 Å².